The minimum absolute atomic E-state index is 0.0116. The van der Waals surface area contributed by atoms with E-state index in [1.165, 1.54) is 6.20 Å². The quantitative estimate of drug-likeness (QED) is 0.704. The van der Waals surface area contributed by atoms with Gasteiger partial charge >= 0.3 is 0 Å². The van der Waals surface area contributed by atoms with Crippen LogP contribution >= 0.6 is 0 Å². The van der Waals surface area contributed by atoms with Gasteiger partial charge in [0, 0.05) is 23.0 Å². The lowest BCUT2D eigenvalue weighted by Gasteiger charge is -2.09. The van der Waals surface area contributed by atoms with Crippen molar-refractivity contribution in [2.75, 3.05) is 5.32 Å². The van der Waals surface area contributed by atoms with E-state index in [0.717, 1.165) is 22.3 Å². The zero-order valence-electron chi connectivity index (χ0n) is 13.5. The Morgan fingerprint density at radius 3 is 2.52 bits per heavy atom. The van der Waals surface area contributed by atoms with Crippen molar-refractivity contribution in [1.29, 1.82) is 10.5 Å². The average Bonchev–Trinajstić information content (AvgIpc) is 2.64. The number of nitrogens with zero attached hydrogens (tertiary/aromatic N) is 3. The van der Waals surface area contributed by atoms with Gasteiger partial charge in [-0.3, -0.25) is 0 Å². The molecule has 0 spiro atoms. The highest BCUT2D eigenvalue weighted by Gasteiger charge is 2.05. The number of aryl methyl sites for hydroxylation is 1. The SMILES string of the molecule is Cc1ccc2cccc(Oc3ccc(NC=C(C#N)C#N)cc3)c2n1. The molecule has 0 aliphatic rings. The van der Waals surface area contributed by atoms with Crippen molar-refractivity contribution < 1.29 is 4.74 Å². The first-order valence-corrected chi connectivity index (χ1v) is 7.61. The second-order valence-electron chi connectivity index (χ2n) is 5.33. The third-order valence-corrected chi connectivity index (χ3v) is 3.53. The molecule has 120 valence electrons. The molecule has 2 aromatic carbocycles. The summed E-state index contributed by atoms with van der Waals surface area (Å²) in [6.45, 7) is 1.95. The molecular formula is C20H14N4O. The van der Waals surface area contributed by atoms with Gasteiger partial charge in [-0.2, -0.15) is 10.5 Å². The van der Waals surface area contributed by atoms with E-state index < -0.39 is 0 Å². The van der Waals surface area contributed by atoms with Crippen LogP contribution in [0.5, 0.6) is 11.5 Å². The van der Waals surface area contributed by atoms with Crippen LogP contribution in [-0.2, 0) is 0 Å². The topological polar surface area (TPSA) is 81.7 Å². The van der Waals surface area contributed by atoms with Crippen molar-refractivity contribution in [3.05, 3.63) is 72.1 Å². The Kier molecular flexibility index (Phi) is 4.60. The van der Waals surface area contributed by atoms with Crippen molar-refractivity contribution in [2.45, 2.75) is 6.92 Å². The van der Waals surface area contributed by atoms with E-state index in [4.69, 9.17) is 15.3 Å². The summed E-state index contributed by atoms with van der Waals surface area (Å²) in [6, 6.07) is 20.6. The van der Waals surface area contributed by atoms with E-state index >= 15 is 0 Å². The van der Waals surface area contributed by atoms with Gasteiger partial charge in [-0.1, -0.05) is 18.2 Å². The molecule has 0 atom stereocenters. The molecule has 0 saturated heterocycles. The molecule has 3 rings (SSSR count). The fraction of sp³-hybridized carbons (Fsp3) is 0.0500. The second kappa shape index (κ2) is 7.16. The minimum Gasteiger partial charge on any atom is -0.455 e. The molecule has 0 unspecified atom stereocenters. The van der Waals surface area contributed by atoms with E-state index in [2.05, 4.69) is 10.3 Å². The number of hydrogen-bond acceptors (Lipinski definition) is 5. The molecule has 0 amide bonds. The first kappa shape index (κ1) is 16.0. The van der Waals surface area contributed by atoms with E-state index in [1.807, 2.05) is 61.5 Å². The molecule has 1 heterocycles. The number of allylic oxidation sites excluding steroid dienone is 1. The largest absolute Gasteiger partial charge is 0.455 e. The third-order valence-electron chi connectivity index (χ3n) is 3.53. The van der Waals surface area contributed by atoms with Crippen LogP contribution in [0.25, 0.3) is 10.9 Å². The third kappa shape index (κ3) is 3.74. The van der Waals surface area contributed by atoms with Gasteiger partial charge in [0.15, 0.2) is 5.75 Å². The predicted octanol–water partition coefficient (Wildman–Crippen LogP) is 4.68. The smallest absolute Gasteiger partial charge is 0.153 e. The highest BCUT2D eigenvalue weighted by atomic mass is 16.5. The van der Waals surface area contributed by atoms with Crippen LogP contribution in [0.3, 0.4) is 0 Å². The van der Waals surface area contributed by atoms with E-state index in [-0.39, 0.29) is 5.57 Å². The Hall–Kier alpha value is -3.83. The number of ether oxygens (including phenoxy) is 1. The number of nitrogens with one attached hydrogen (secondary N) is 1. The molecule has 5 heteroatoms. The van der Waals surface area contributed by atoms with E-state index in [1.54, 1.807) is 12.1 Å². The van der Waals surface area contributed by atoms with Gasteiger partial charge in [-0.25, -0.2) is 4.98 Å². The van der Waals surface area contributed by atoms with Crippen molar-refractivity contribution in [1.82, 2.24) is 4.98 Å². The van der Waals surface area contributed by atoms with Crippen molar-refractivity contribution in [3.8, 4) is 23.6 Å². The number of nitriles is 2. The Morgan fingerprint density at radius 2 is 1.80 bits per heavy atom. The van der Waals surface area contributed by atoms with Gasteiger partial charge in [0.25, 0.3) is 0 Å². The number of para-hydroxylation sites is 1. The summed E-state index contributed by atoms with van der Waals surface area (Å²) < 4.78 is 5.96. The monoisotopic (exact) mass is 326 g/mol. The van der Waals surface area contributed by atoms with Crippen molar-refractivity contribution >= 4 is 16.6 Å². The number of fused-ring (bicyclic) bond motifs is 1. The molecule has 0 aliphatic carbocycles. The molecule has 0 radical (unpaired) electrons. The molecule has 25 heavy (non-hydrogen) atoms. The summed E-state index contributed by atoms with van der Waals surface area (Å²) in [5.41, 5.74) is 2.51. The van der Waals surface area contributed by atoms with Crippen LogP contribution in [0.2, 0.25) is 0 Å². The molecular weight excluding hydrogens is 312 g/mol. The first-order chi connectivity index (χ1) is 12.2. The molecule has 3 aromatic rings. The zero-order chi connectivity index (χ0) is 17.6. The number of benzene rings is 2. The highest BCUT2D eigenvalue weighted by Crippen LogP contribution is 2.29. The molecule has 5 nitrogen and oxygen atoms in total. The Bertz CT molecular complexity index is 1010. The Balaban J connectivity index is 1.81. The van der Waals surface area contributed by atoms with Gasteiger partial charge in [-0.05, 0) is 43.3 Å². The van der Waals surface area contributed by atoms with Crippen molar-refractivity contribution in [3.63, 3.8) is 0 Å². The maximum Gasteiger partial charge on any atom is 0.153 e. The molecule has 1 aromatic heterocycles. The standard InChI is InChI=1S/C20H14N4O/c1-14-5-6-16-3-2-4-19(20(16)24-14)25-18-9-7-17(8-10-18)23-13-15(11-21)12-22/h2-10,13,23H,1H3. The molecule has 0 fully saturated rings. The fourth-order valence-corrected chi connectivity index (χ4v) is 2.29. The van der Waals surface area contributed by atoms with Crippen LogP contribution in [0.4, 0.5) is 5.69 Å². The predicted molar refractivity (Wildman–Crippen MR) is 95.9 cm³/mol. The summed E-state index contributed by atoms with van der Waals surface area (Å²) >= 11 is 0. The summed E-state index contributed by atoms with van der Waals surface area (Å²) in [5, 5.41) is 21.3. The molecule has 0 bridgehead atoms. The molecule has 0 saturated carbocycles. The summed E-state index contributed by atoms with van der Waals surface area (Å²) in [4.78, 5) is 4.55. The van der Waals surface area contributed by atoms with Gasteiger partial charge in [0.05, 0.1) is 0 Å². The maximum atomic E-state index is 8.71. The minimum atomic E-state index is 0.0116. The number of rotatable bonds is 4. The van der Waals surface area contributed by atoms with Gasteiger partial charge in [0.2, 0.25) is 0 Å². The second-order valence-corrected chi connectivity index (χ2v) is 5.33. The van der Waals surface area contributed by atoms with Crippen LogP contribution in [0.1, 0.15) is 5.69 Å². The lowest BCUT2D eigenvalue weighted by Crippen LogP contribution is -1.91. The normalized spacial score (nSPS) is 9.72. The Morgan fingerprint density at radius 1 is 1.04 bits per heavy atom. The van der Waals surface area contributed by atoms with Crippen LogP contribution in [-0.4, -0.2) is 4.98 Å². The van der Waals surface area contributed by atoms with Crippen molar-refractivity contribution in [2.24, 2.45) is 0 Å². The first-order valence-electron chi connectivity index (χ1n) is 7.61. The fourth-order valence-electron chi connectivity index (χ4n) is 2.29. The van der Waals surface area contributed by atoms with E-state index in [9.17, 15) is 0 Å². The summed E-state index contributed by atoms with van der Waals surface area (Å²) in [6.07, 6.45) is 1.37. The number of hydrogen-bond donors (Lipinski definition) is 1. The van der Waals surface area contributed by atoms with Gasteiger partial charge in [0.1, 0.15) is 29.0 Å². The van der Waals surface area contributed by atoms with Gasteiger partial charge in [-0.15, -0.1) is 0 Å². The maximum absolute atomic E-state index is 8.71. The highest BCUT2D eigenvalue weighted by molar-refractivity contribution is 5.84. The molecule has 0 aliphatic heterocycles. The summed E-state index contributed by atoms with van der Waals surface area (Å²) in [7, 11) is 0. The lowest BCUT2D eigenvalue weighted by atomic mass is 10.2. The number of aromatic nitrogens is 1. The number of pyridine rings is 1. The van der Waals surface area contributed by atoms with Crippen LogP contribution < -0.4 is 10.1 Å². The van der Waals surface area contributed by atoms with E-state index in [0.29, 0.717) is 11.5 Å². The lowest BCUT2D eigenvalue weighted by molar-refractivity contribution is 0.487. The Labute approximate surface area is 145 Å². The summed E-state index contributed by atoms with van der Waals surface area (Å²) in [5.74, 6) is 1.36. The van der Waals surface area contributed by atoms with Crippen LogP contribution in [0, 0.1) is 29.6 Å². The number of anilines is 1. The average molecular weight is 326 g/mol. The zero-order valence-corrected chi connectivity index (χ0v) is 13.5. The van der Waals surface area contributed by atoms with Crippen LogP contribution in [0.15, 0.2) is 66.4 Å². The van der Waals surface area contributed by atoms with Gasteiger partial charge < -0.3 is 10.1 Å². The molecule has 1 N–H and O–H groups in total.